The van der Waals surface area contributed by atoms with Crippen LogP contribution in [0.25, 0.3) is 0 Å². The Hall–Kier alpha value is -1.26. The summed E-state index contributed by atoms with van der Waals surface area (Å²) in [6, 6.07) is 1.22. The second-order valence-corrected chi connectivity index (χ2v) is 2.41. The molecule has 1 aromatic heterocycles. The van der Waals surface area contributed by atoms with Gasteiger partial charge in [-0.05, 0) is 6.92 Å². The summed E-state index contributed by atoms with van der Waals surface area (Å²) in [7, 11) is 0. The van der Waals surface area contributed by atoms with Crippen molar-refractivity contribution in [2.45, 2.75) is 19.9 Å². The van der Waals surface area contributed by atoms with Crippen molar-refractivity contribution in [3.63, 3.8) is 0 Å². The van der Waals surface area contributed by atoms with Gasteiger partial charge in [-0.2, -0.15) is 0 Å². The van der Waals surface area contributed by atoms with Gasteiger partial charge in [0.1, 0.15) is 0 Å². The lowest BCUT2D eigenvalue weighted by atomic mass is 10.4. The molecule has 0 spiro atoms. The van der Waals surface area contributed by atoms with Gasteiger partial charge in [0.25, 0.3) is 12.0 Å². The topological polar surface area (TPSA) is 34.9 Å². The molecule has 0 amide bonds. The summed E-state index contributed by atoms with van der Waals surface area (Å²) in [6.45, 7) is 1.04. The van der Waals surface area contributed by atoms with Gasteiger partial charge in [-0.1, -0.05) is 0 Å². The number of hydrogen-bond donors (Lipinski definition) is 0. The third kappa shape index (κ3) is 2.11. The van der Waals surface area contributed by atoms with Gasteiger partial charge < -0.3 is 0 Å². The van der Waals surface area contributed by atoms with E-state index in [-0.39, 0.29) is 0 Å². The van der Waals surface area contributed by atoms with E-state index in [4.69, 9.17) is 0 Å². The minimum atomic E-state index is -2.52. The van der Waals surface area contributed by atoms with E-state index in [0.717, 1.165) is 10.9 Å². The summed E-state index contributed by atoms with van der Waals surface area (Å²) in [5.41, 5.74) is 0.0910. The largest absolute Gasteiger partial charge is 0.293 e. The number of nitrogens with zero attached hydrogens (tertiary/aromatic N) is 2. The number of aromatic nitrogens is 2. The number of hydrogen-bond acceptors (Lipinski definition) is 2. The van der Waals surface area contributed by atoms with Crippen LogP contribution in [0.15, 0.2) is 17.2 Å². The summed E-state index contributed by atoms with van der Waals surface area (Å²) in [5, 5.41) is 0. The highest BCUT2D eigenvalue weighted by Crippen LogP contribution is 1.94. The Bertz CT molecular complexity index is 321. The Kier molecular flexibility index (Phi) is 2.52. The Morgan fingerprint density at radius 3 is 2.83 bits per heavy atom. The highest BCUT2D eigenvalue weighted by atomic mass is 19.3. The van der Waals surface area contributed by atoms with E-state index in [1.807, 2.05) is 0 Å². The molecule has 0 radical (unpaired) electrons. The van der Waals surface area contributed by atoms with Gasteiger partial charge in [0.15, 0.2) is 0 Å². The van der Waals surface area contributed by atoms with Crippen LogP contribution in [-0.4, -0.2) is 16.0 Å². The molecule has 0 atom stereocenters. The Morgan fingerprint density at radius 1 is 1.67 bits per heavy atom. The van der Waals surface area contributed by atoms with E-state index < -0.39 is 18.5 Å². The molecule has 3 nitrogen and oxygen atoms in total. The molecule has 66 valence electrons. The van der Waals surface area contributed by atoms with Crippen molar-refractivity contribution in [1.29, 1.82) is 0 Å². The smallest absolute Gasteiger partial charge is 0.256 e. The SMILES string of the molecule is Cc1cc(=O)n(CC(F)F)cn1. The molecule has 0 aliphatic rings. The first-order valence-electron chi connectivity index (χ1n) is 3.41. The molecule has 0 saturated carbocycles. The van der Waals surface area contributed by atoms with Crippen LogP contribution in [-0.2, 0) is 6.54 Å². The lowest BCUT2D eigenvalue weighted by Crippen LogP contribution is -2.23. The predicted octanol–water partition coefficient (Wildman–Crippen LogP) is 0.817. The van der Waals surface area contributed by atoms with Crippen molar-refractivity contribution in [2.24, 2.45) is 0 Å². The zero-order chi connectivity index (χ0) is 9.14. The molecule has 0 N–H and O–H groups in total. The van der Waals surface area contributed by atoms with Gasteiger partial charge >= 0.3 is 0 Å². The fourth-order valence-corrected chi connectivity index (χ4v) is 0.802. The molecule has 0 aromatic carbocycles. The Balaban J connectivity index is 2.94. The van der Waals surface area contributed by atoms with E-state index in [9.17, 15) is 13.6 Å². The van der Waals surface area contributed by atoms with Crippen LogP contribution in [0.5, 0.6) is 0 Å². The predicted molar refractivity (Wildman–Crippen MR) is 39.2 cm³/mol. The van der Waals surface area contributed by atoms with Crippen molar-refractivity contribution >= 4 is 0 Å². The summed E-state index contributed by atoms with van der Waals surface area (Å²) in [5.74, 6) is 0. The maximum Gasteiger partial charge on any atom is 0.256 e. The van der Waals surface area contributed by atoms with Crippen molar-refractivity contribution in [2.75, 3.05) is 0 Å². The maximum absolute atomic E-state index is 11.8. The molecule has 1 rings (SSSR count). The molecule has 1 aromatic rings. The number of aryl methyl sites for hydroxylation is 1. The highest BCUT2D eigenvalue weighted by Gasteiger charge is 2.04. The van der Waals surface area contributed by atoms with Crippen LogP contribution in [0.4, 0.5) is 8.78 Å². The third-order valence-corrected chi connectivity index (χ3v) is 1.35. The van der Waals surface area contributed by atoms with Crippen molar-refractivity contribution < 1.29 is 8.78 Å². The standard InChI is InChI=1S/C7H8F2N2O/c1-5-2-7(12)11(4-10-5)3-6(8)9/h2,4,6H,3H2,1H3. The second kappa shape index (κ2) is 3.42. The molecule has 0 unspecified atom stereocenters. The molecule has 0 saturated heterocycles. The first kappa shape index (κ1) is 8.83. The average Bonchev–Trinajstić information content (AvgIpc) is 1.94. The van der Waals surface area contributed by atoms with E-state index in [0.29, 0.717) is 5.69 Å². The van der Waals surface area contributed by atoms with E-state index in [1.54, 1.807) is 6.92 Å². The molecule has 0 fully saturated rings. The van der Waals surface area contributed by atoms with Crippen LogP contribution in [0.3, 0.4) is 0 Å². The minimum Gasteiger partial charge on any atom is -0.293 e. The number of halogens is 2. The van der Waals surface area contributed by atoms with Crippen LogP contribution >= 0.6 is 0 Å². The van der Waals surface area contributed by atoms with Crippen LogP contribution in [0, 0.1) is 6.92 Å². The Labute approximate surface area is 67.7 Å². The summed E-state index contributed by atoms with van der Waals surface area (Å²) >= 11 is 0. The lowest BCUT2D eigenvalue weighted by Gasteiger charge is -2.02. The molecule has 1 heterocycles. The molecule has 0 bridgehead atoms. The van der Waals surface area contributed by atoms with E-state index >= 15 is 0 Å². The first-order valence-corrected chi connectivity index (χ1v) is 3.41. The third-order valence-electron chi connectivity index (χ3n) is 1.35. The molecular formula is C7H8F2N2O. The number of alkyl halides is 2. The van der Waals surface area contributed by atoms with Gasteiger partial charge in [-0.3, -0.25) is 9.36 Å². The number of rotatable bonds is 2. The van der Waals surface area contributed by atoms with Crippen LogP contribution in [0.2, 0.25) is 0 Å². The van der Waals surface area contributed by atoms with Crippen LogP contribution < -0.4 is 5.56 Å². The average molecular weight is 174 g/mol. The lowest BCUT2D eigenvalue weighted by molar-refractivity contribution is 0.124. The van der Waals surface area contributed by atoms with E-state index in [1.165, 1.54) is 6.07 Å². The summed E-state index contributed by atoms with van der Waals surface area (Å²) < 4.78 is 24.5. The van der Waals surface area contributed by atoms with Crippen LogP contribution in [0.1, 0.15) is 5.69 Å². The highest BCUT2D eigenvalue weighted by molar-refractivity contribution is 4.95. The first-order chi connectivity index (χ1) is 5.59. The molecule has 0 aliphatic heterocycles. The van der Waals surface area contributed by atoms with Gasteiger partial charge in [0.05, 0.1) is 12.9 Å². The van der Waals surface area contributed by atoms with Gasteiger partial charge in [-0.15, -0.1) is 0 Å². The normalized spacial score (nSPS) is 10.7. The Morgan fingerprint density at radius 2 is 2.33 bits per heavy atom. The fraction of sp³-hybridized carbons (Fsp3) is 0.429. The second-order valence-electron chi connectivity index (χ2n) is 2.41. The van der Waals surface area contributed by atoms with Crippen molar-refractivity contribution in [3.05, 3.63) is 28.4 Å². The quantitative estimate of drug-likeness (QED) is 0.665. The zero-order valence-electron chi connectivity index (χ0n) is 6.50. The summed E-state index contributed by atoms with van der Waals surface area (Å²) in [6.07, 6.45) is -1.39. The van der Waals surface area contributed by atoms with E-state index in [2.05, 4.69) is 4.98 Å². The molecule has 5 heteroatoms. The fourth-order valence-electron chi connectivity index (χ4n) is 0.802. The van der Waals surface area contributed by atoms with Gasteiger partial charge in [0.2, 0.25) is 0 Å². The van der Waals surface area contributed by atoms with Crippen molar-refractivity contribution in [3.8, 4) is 0 Å². The summed E-state index contributed by atoms with van der Waals surface area (Å²) in [4.78, 5) is 14.7. The maximum atomic E-state index is 11.8. The molecule has 0 aliphatic carbocycles. The zero-order valence-corrected chi connectivity index (χ0v) is 6.50. The molecular weight excluding hydrogens is 166 g/mol. The van der Waals surface area contributed by atoms with Gasteiger partial charge in [0, 0.05) is 11.8 Å². The molecule has 12 heavy (non-hydrogen) atoms. The monoisotopic (exact) mass is 174 g/mol. The minimum absolute atomic E-state index is 0.442. The van der Waals surface area contributed by atoms with Gasteiger partial charge in [-0.25, -0.2) is 13.8 Å². The van der Waals surface area contributed by atoms with Crippen molar-refractivity contribution in [1.82, 2.24) is 9.55 Å².